The first-order valence-corrected chi connectivity index (χ1v) is 7.00. The van der Waals surface area contributed by atoms with Gasteiger partial charge < -0.3 is 10.3 Å². The van der Waals surface area contributed by atoms with Gasteiger partial charge in [-0.3, -0.25) is 0 Å². The van der Waals surface area contributed by atoms with Crippen LogP contribution < -0.4 is 10.5 Å². The Labute approximate surface area is 102 Å². The summed E-state index contributed by atoms with van der Waals surface area (Å²) < 4.78 is 30.5. The normalized spacial score (nSPS) is 11.8. The molecular formula is C8H10N4O3S2. The molecule has 2 aromatic rings. The summed E-state index contributed by atoms with van der Waals surface area (Å²) >= 11 is 1.31. The highest BCUT2D eigenvalue weighted by Gasteiger charge is 2.16. The van der Waals surface area contributed by atoms with E-state index < -0.39 is 10.0 Å². The third-order valence-electron chi connectivity index (χ3n) is 1.97. The number of sulfonamides is 1. The van der Waals surface area contributed by atoms with Crippen LogP contribution in [0.25, 0.3) is 0 Å². The summed E-state index contributed by atoms with van der Waals surface area (Å²) in [5, 5.41) is 5.05. The van der Waals surface area contributed by atoms with Gasteiger partial charge in [0, 0.05) is 16.8 Å². The molecule has 2 rings (SSSR count). The molecule has 0 unspecified atom stereocenters. The standard InChI is InChI=1S/C8H10N4O3S2/c9-2-6-1-7(4-16-6)17(13,14)11-3-8-10-5-15-12-8/h1,4-5,11H,2-3,9H2. The second-order valence-corrected chi connectivity index (χ2v) is 5.89. The summed E-state index contributed by atoms with van der Waals surface area (Å²) in [5.74, 6) is 0.280. The van der Waals surface area contributed by atoms with Crippen molar-refractivity contribution in [3.63, 3.8) is 0 Å². The number of nitrogens with zero attached hydrogens (tertiary/aromatic N) is 2. The fourth-order valence-electron chi connectivity index (χ4n) is 1.12. The summed E-state index contributed by atoms with van der Waals surface area (Å²) in [5.41, 5.74) is 5.42. The van der Waals surface area contributed by atoms with Gasteiger partial charge >= 0.3 is 0 Å². The van der Waals surface area contributed by atoms with E-state index in [1.54, 1.807) is 11.4 Å². The zero-order valence-corrected chi connectivity index (χ0v) is 10.3. The molecule has 0 aromatic carbocycles. The van der Waals surface area contributed by atoms with Crippen molar-refractivity contribution < 1.29 is 12.9 Å². The van der Waals surface area contributed by atoms with Gasteiger partial charge in [0.25, 0.3) is 0 Å². The van der Waals surface area contributed by atoms with Gasteiger partial charge in [0.15, 0.2) is 5.82 Å². The van der Waals surface area contributed by atoms with Crippen LogP contribution in [0, 0.1) is 0 Å². The van der Waals surface area contributed by atoms with Crippen LogP contribution in [0.15, 0.2) is 27.3 Å². The number of rotatable bonds is 5. The molecule has 0 saturated carbocycles. The molecule has 0 bridgehead atoms. The lowest BCUT2D eigenvalue weighted by Gasteiger charge is -2.01. The molecule has 2 aromatic heterocycles. The highest BCUT2D eigenvalue weighted by molar-refractivity contribution is 7.89. The van der Waals surface area contributed by atoms with E-state index in [1.807, 2.05) is 0 Å². The van der Waals surface area contributed by atoms with E-state index in [4.69, 9.17) is 5.73 Å². The fourth-order valence-corrected chi connectivity index (χ4v) is 3.26. The second-order valence-electron chi connectivity index (χ2n) is 3.12. The van der Waals surface area contributed by atoms with E-state index >= 15 is 0 Å². The van der Waals surface area contributed by atoms with Crippen LogP contribution in [0.5, 0.6) is 0 Å². The smallest absolute Gasteiger partial charge is 0.241 e. The van der Waals surface area contributed by atoms with E-state index in [0.29, 0.717) is 6.54 Å². The van der Waals surface area contributed by atoms with E-state index in [-0.39, 0.29) is 17.3 Å². The Balaban J connectivity index is 2.08. The van der Waals surface area contributed by atoms with Crippen LogP contribution in [-0.2, 0) is 23.1 Å². The fraction of sp³-hybridized carbons (Fsp3) is 0.250. The summed E-state index contributed by atoms with van der Waals surface area (Å²) in [6.45, 7) is 0.317. The minimum atomic E-state index is -3.54. The van der Waals surface area contributed by atoms with Crippen LogP contribution in [0.2, 0.25) is 0 Å². The third-order valence-corrected chi connectivity index (χ3v) is 4.46. The number of aromatic nitrogens is 2. The van der Waals surface area contributed by atoms with Crippen molar-refractivity contribution in [1.82, 2.24) is 14.9 Å². The van der Waals surface area contributed by atoms with Gasteiger partial charge in [0.05, 0.1) is 11.4 Å². The van der Waals surface area contributed by atoms with Crippen molar-refractivity contribution in [2.75, 3.05) is 0 Å². The van der Waals surface area contributed by atoms with Crippen LogP contribution in [0.4, 0.5) is 0 Å². The third kappa shape index (κ3) is 2.88. The molecule has 0 atom stereocenters. The van der Waals surface area contributed by atoms with Crippen LogP contribution in [0.1, 0.15) is 10.7 Å². The highest BCUT2D eigenvalue weighted by Crippen LogP contribution is 2.18. The molecule has 92 valence electrons. The lowest BCUT2D eigenvalue weighted by atomic mass is 10.5. The van der Waals surface area contributed by atoms with Gasteiger partial charge in [0.1, 0.15) is 0 Å². The average molecular weight is 274 g/mol. The molecule has 0 aliphatic carbocycles. The van der Waals surface area contributed by atoms with E-state index in [9.17, 15) is 8.42 Å². The largest absolute Gasteiger partial charge is 0.343 e. The van der Waals surface area contributed by atoms with Crippen molar-refractivity contribution in [2.45, 2.75) is 18.0 Å². The first kappa shape index (κ1) is 12.2. The van der Waals surface area contributed by atoms with Gasteiger partial charge in [-0.2, -0.15) is 4.98 Å². The van der Waals surface area contributed by atoms with Crippen molar-refractivity contribution in [2.24, 2.45) is 5.73 Å². The average Bonchev–Trinajstić information content (AvgIpc) is 2.98. The molecule has 9 heteroatoms. The van der Waals surface area contributed by atoms with Crippen LogP contribution in [-0.4, -0.2) is 18.6 Å². The Morgan fingerprint density at radius 1 is 1.53 bits per heavy atom. The second kappa shape index (κ2) is 4.92. The molecular weight excluding hydrogens is 264 g/mol. The molecule has 7 nitrogen and oxygen atoms in total. The lowest BCUT2D eigenvalue weighted by molar-refractivity contribution is 0.409. The van der Waals surface area contributed by atoms with Gasteiger partial charge in [-0.25, -0.2) is 13.1 Å². The number of thiophene rings is 1. The maximum atomic E-state index is 11.8. The van der Waals surface area contributed by atoms with Crippen molar-refractivity contribution in [3.05, 3.63) is 28.5 Å². The molecule has 0 aliphatic rings. The Morgan fingerprint density at radius 2 is 2.35 bits per heavy atom. The molecule has 0 fully saturated rings. The molecule has 17 heavy (non-hydrogen) atoms. The molecule has 0 amide bonds. The van der Waals surface area contributed by atoms with Gasteiger partial charge in [-0.1, -0.05) is 5.16 Å². The van der Waals surface area contributed by atoms with Gasteiger partial charge in [-0.05, 0) is 6.07 Å². The summed E-state index contributed by atoms with van der Waals surface area (Å²) in [6, 6.07) is 1.54. The van der Waals surface area contributed by atoms with Gasteiger partial charge in [-0.15, -0.1) is 11.3 Å². The lowest BCUT2D eigenvalue weighted by Crippen LogP contribution is -2.23. The van der Waals surface area contributed by atoms with E-state index in [1.165, 1.54) is 11.3 Å². The zero-order valence-electron chi connectivity index (χ0n) is 8.66. The SMILES string of the molecule is NCc1cc(S(=O)(=O)NCc2ncon2)cs1. The number of nitrogens with two attached hydrogens (primary N) is 1. The Kier molecular flexibility index (Phi) is 3.52. The molecule has 0 radical (unpaired) electrons. The zero-order chi connectivity index (χ0) is 12.3. The molecule has 3 N–H and O–H groups in total. The number of hydrogen-bond donors (Lipinski definition) is 2. The van der Waals surface area contributed by atoms with E-state index in [2.05, 4.69) is 19.4 Å². The quantitative estimate of drug-likeness (QED) is 0.798. The number of hydrogen-bond acceptors (Lipinski definition) is 7. The molecule has 0 saturated heterocycles. The van der Waals surface area contributed by atoms with Crippen molar-refractivity contribution >= 4 is 21.4 Å². The Hall–Kier alpha value is -1.29. The summed E-state index contributed by atoms with van der Waals surface area (Å²) in [4.78, 5) is 4.72. The highest BCUT2D eigenvalue weighted by atomic mass is 32.2. The molecule has 2 heterocycles. The van der Waals surface area contributed by atoms with E-state index in [0.717, 1.165) is 11.3 Å². The maximum Gasteiger partial charge on any atom is 0.241 e. The van der Waals surface area contributed by atoms with Crippen molar-refractivity contribution in [1.29, 1.82) is 0 Å². The minimum Gasteiger partial charge on any atom is -0.343 e. The summed E-state index contributed by atoms with van der Waals surface area (Å²) in [6.07, 6.45) is 1.14. The maximum absolute atomic E-state index is 11.8. The molecule has 0 spiro atoms. The predicted molar refractivity (Wildman–Crippen MR) is 60.5 cm³/mol. The minimum absolute atomic E-state index is 0.00730. The van der Waals surface area contributed by atoms with Gasteiger partial charge in [0.2, 0.25) is 16.4 Å². The monoisotopic (exact) mass is 274 g/mol. The van der Waals surface area contributed by atoms with Crippen molar-refractivity contribution in [3.8, 4) is 0 Å². The Morgan fingerprint density at radius 3 is 2.94 bits per heavy atom. The Bertz CT molecular complexity index is 576. The number of nitrogens with one attached hydrogen (secondary N) is 1. The first-order chi connectivity index (χ1) is 8.12. The summed E-state index contributed by atoms with van der Waals surface area (Å²) in [7, 11) is -3.54. The molecule has 0 aliphatic heterocycles. The first-order valence-electron chi connectivity index (χ1n) is 4.64. The van der Waals surface area contributed by atoms with Crippen LogP contribution >= 0.6 is 11.3 Å². The van der Waals surface area contributed by atoms with Crippen LogP contribution in [0.3, 0.4) is 0 Å². The predicted octanol–water partition coefficient (Wildman–Crippen LogP) is 0.0683. The topological polar surface area (TPSA) is 111 Å².